The van der Waals surface area contributed by atoms with Gasteiger partial charge in [0.05, 0.1) is 23.9 Å². The molecule has 22 heteroatoms. The van der Waals surface area contributed by atoms with E-state index in [1.165, 1.54) is 130 Å². The summed E-state index contributed by atoms with van der Waals surface area (Å²) in [6, 6.07) is 32.8. The lowest BCUT2D eigenvalue weighted by atomic mass is 9.92. The summed E-state index contributed by atoms with van der Waals surface area (Å²) in [6.45, 7) is -0.962. The average molecular weight is 1100 g/mol. The summed E-state index contributed by atoms with van der Waals surface area (Å²) in [5.41, 5.74) is 8.39. The number of nitrogens with one attached hydrogen (secondary N) is 1. The fourth-order valence-electron chi connectivity index (χ4n) is 8.13. The van der Waals surface area contributed by atoms with Crippen LogP contribution < -0.4 is 30.3 Å². The molecular weight excluding hydrogens is 1050 g/mol. The van der Waals surface area contributed by atoms with E-state index >= 15 is 0 Å². The van der Waals surface area contributed by atoms with Crippen molar-refractivity contribution in [2.75, 3.05) is 34.5 Å². The van der Waals surface area contributed by atoms with E-state index in [0.29, 0.717) is 39.6 Å². The van der Waals surface area contributed by atoms with Gasteiger partial charge in [-0.3, -0.25) is 24.0 Å². The third kappa shape index (κ3) is 14.8. The number of Topliss-reactive ketones (excluding diaryl/α,β-unsaturated/α-hetero) is 1. The van der Waals surface area contributed by atoms with Crippen molar-refractivity contribution in [2.45, 2.75) is 47.6 Å². The zero-order valence-corrected chi connectivity index (χ0v) is 42.0. The molecule has 2 heterocycles. The average Bonchev–Trinajstić information content (AvgIpc) is 3.44. The van der Waals surface area contributed by atoms with Crippen molar-refractivity contribution in [3.63, 3.8) is 0 Å². The van der Waals surface area contributed by atoms with E-state index in [0.717, 1.165) is 5.56 Å². The van der Waals surface area contributed by atoms with E-state index in [9.17, 15) is 61.3 Å². The first-order chi connectivity index (χ1) is 36.9. The number of halogens is 4. The van der Waals surface area contributed by atoms with Crippen LogP contribution in [0.3, 0.4) is 0 Å². The van der Waals surface area contributed by atoms with Gasteiger partial charge >= 0.3 is 11.9 Å². The van der Waals surface area contributed by atoms with Crippen molar-refractivity contribution in [3.05, 3.63) is 191 Å². The summed E-state index contributed by atoms with van der Waals surface area (Å²) in [5, 5.41) is 29.7. The number of aliphatic hydroxyl groups is 1. The Hall–Kier alpha value is -8.21. The molecular formula is C55H48F4N4O12S2. The molecule has 0 bridgehead atoms. The second kappa shape index (κ2) is 26.0. The van der Waals surface area contributed by atoms with E-state index in [-0.39, 0.29) is 41.9 Å². The third-order valence-electron chi connectivity index (χ3n) is 12.0. The first kappa shape index (κ1) is 56.5. The van der Waals surface area contributed by atoms with Crippen molar-refractivity contribution in [3.8, 4) is 11.5 Å². The summed E-state index contributed by atoms with van der Waals surface area (Å²) < 4.78 is 64.0. The van der Waals surface area contributed by atoms with Crippen LogP contribution in [0.5, 0.6) is 11.5 Å². The van der Waals surface area contributed by atoms with Gasteiger partial charge in [0, 0.05) is 29.1 Å². The number of hydrogen-bond acceptors (Lipinski definition) is 12. The highest BCUT2D eigenvalue weighted by Gasteiger charge is 2.50. The lowest BCUT2D eigenvalue weighted by molar-refractivity contribution is -0.142. The van der Waals surface area contributed by atoms with Crippen molar-refractivity contribution >= 4 is 76.2 Å². The highest BCUT2D eigenvalue weighted by atomic mass is 32.2. The number of ether oxygens (including phenoxy) is 2. The van der Waals surface area contributed by atoms with Gasteiger partial charge in [0.25, 0.3) is 5.91 Å². The van der Waals surface area contributed by atoms with Crippen LogP contribution >= 0.6 is 23.5 Å². The smallest absolute Gasteiger partial charge is 0.341 e. The van der Waals surface area contributed by atoms with Crippen molar-refractivity contribution in [1.82, 2.24) is 5.32 Å². The number of primary amides is 1. The molecule has 2 aliphatic heterocycles. The molecule has 0 spiro atoms. The van der Waals surface area contributed by atoms with Crippen molar-refractivity contribution in [1.29, 1.82) is 0 Å². The topological polar surface area (TPSA) is 243 Å². The molecule has 77 heavy (non-hydrogen) atoms. The Bertz CT molecular complexity index is 3070. The fraction of sp³-hybridized carbons (Fsp3) is 0.218. The molecule has 2 aliphatic rings. The summed E-state index contributed by atoms with van der Waals surface area (Å²) in [4.78, 5) is 87.1. The number of rotatable bonds is 23. The lowest BCUT2D eigenvalue weighted by Gasteiger charge is -2.47. The number of anilines is 2. The minimum atomic E-state index is -1.31. The molecule has 0 radical (unpaired) electrons. The van der Waals surface area contributed by atoms with Crippen molar-refractivity contribution < 1.29 is 75.9 Å². The molecule has 1 unspecified atom stereocenters. The third-order valence-corrected chi connectivity index (χ3v) is 14.6. The summed E-state index contributed by atoms with van der Waals surface area (Å²) in [5.74, 6) is -5.36. The maximum atomic E-state index is 13.6. The molecule has 400 valence electrons. The Morgan fingerprint density at radius 3 is 1.47 bits per heavy atom. The Morgan fingerprint density at radius 1 is 0.597 bits per heavy atom. The number of nitrogens with zero attached hydrogens (tertiary/aromatic N) is 2. The van der Waals surface area contributed by atoms with Gasteiger partial charge < -0.3 is 45.6 Å². The number of β-lactam (4-membered cyclic amide) rings is 2. The molecule has 2 fully saturated rings. The van der Waals surface area contributed by atoms with Crippen LogP contribution in [0, 0.1) is 23.3 Å². The Labute approximate surface area is 446 Å². The van der Waals surface area contributed by atoms with Gasteiger partial charge in [-0.2, -0.15) is 0 Å². The second-order valence-electron chi connectivity index (χ2n) is 17.3. The molecule has 0 saturated carbocycles. The minimum Gasteiger partial charge on any atom is -0.484 e. The van der Waals surface area contributed by atoms with Gasteiger partial charge in [-0.15, -0.1) is 23.5 Å². The highest BCUT2D eigenvalue weighted by Crippen LogP contribution is 2.47. The zero-order chi connectivity index (χ0) is 55.3. The molecule has 6 atom stereocenters. The summed E-state index contributed by atoms with van der Waals surface area (Å²) >= 11 is 2.43. The number of carboxylic acid groups (broad SMARTS) is 2. The Balaban J connectivity index is 0.000000230. The van der Waals surface area contributed by atoms with E-state index in [1.807, 2.05) is 0 Å². The predicted molar refractivity (Wildman–Crippen MR) is 277 cm³/mol. The number of aliphatic hydroxyl groups excluding tert-OH is 1. The number of benzene rings is 6. The molecule has 4 amide bonds. The number of carboxylic acids is 2. The number of ketones is 1. The van der Waals surface area contributed by atoms with Crippen LogP contribution in [0.4, 0.5) is 28.9 Å². The van der Waals surface area contributed by atoms with Crippen LogP contribution in [0.25, 0.3) is 0 Å². The zero-order valence-electron chi connectivity index (χ0n) is 40.4. The lowest BCUT2D eigenvalue weighted by Crippen LogP contribution is -2.57. The van der Waals surface area contributed by atoms with E-state index < -0.39 is 95.0 Å². The first-order valence-corrected chi connectivity index (χ1v) is 25.6. The second-order valence-corrected chi connectivity index (χ2v) is 19.6. The van der Waals surface area contributed by atoms with E-state index in [2.05, 4.69) is 5.32 Å². The van der Waals surface area contributed by atoms with Crippen LogP contribution in [-0.4, -0.2) is 97.9 Å². The monoisotopic (exact) mass is 1100 g/mol. The van der Waals surface area contributed by atoms with E-state index in [1.54, 1.807) is 48.5 Å². The highest BCUT2D eigenvalue weighted by molar-refractivity contribution is 8.01. The normalized spacial score (nSPS) is 17.4. The number of carbonyl (C=O) groups is 7. The summed E-state index contributed by atoms with van der Waals surface area (Å²) in [7, 11) is 0. The molecule has 8 rings (SSSR count). The predicted octanol–water partition coefficient (Wildman–Crippen LogP) is 7.60. The largest absolute Gasteiger partial charge is 0.484 e. The number of amides is 4. The molecule has 6 N–H and O–H groups in total. The number of carbonyl (C=O) groups excluding carboxylic acids is 5. The maximum Gasteiger partial charge on any atom is 0.341 e. The van der Waals surface area contributed by atoms with Crippen molar-refractivity contribution in [2.24, 2.45) is 5.73 Å². The maximum absolute atomic E-state index is 13.6. The number of nitrogens with two attached hydrogens (primary N) is 1. The Morgan fingerprint density at radius 2 is 1.03 bits per heavy atom. The number of hydrogen-bond donors (Lipinski definition) is 5. The standard InChI is InChI=1S/C30H29F2N3O7S.C25H19F2NO5S/c31-19-5-1-17(2-6-19)24(36)16-43-28-27(35(29(28)39)21-9-7-20(32)8-10-21)18-3-11-22(12-4-18)42-15-26(38)34-23(30(40)41)13-14-25(33)37;26-17-5-1-15(2-6-17)21(29)14-34-24-23(16-3-11-20(12-4-16)33-13-22(30)31)28(25(24)32)19-9-7-18(27)8-10-19/h1-12,23-24,27-28,36H,13-16H2,(H2,33,37)(H,34,38)(H,40,41);1-12,23-24H,13-14H2,(H,30,31)/t23-,24?,27+,28+;23-,24-/m01/s1. The van der Waals surface area contributed by atoms with Gasteiger partial charge in [-0.25, -0.2) is 27.2 Å². The number of thioether (sulfide) groups is 2. The van der Waals surface area contributed by atoms with Crippen LogP contribution in [-0.2, 0) is 28.8 Å². The van der Waals surface area contributed by atoms with Gasteiger partial charge in [0.1, 0.15) is 51.3 Å². The summed E-state index contributed by atoms with van der Waals surface area (Å²) in [6.07, 6.45) is -1.30. The van der Waals surface area contributed by atoms with Gasteiger partial charge in [0.2, 0.25) is 17.7 Å². The van der Waals surface area contributed by atoms with Gasteiger partial charge in [-0.1, -0.05) is 36.4 Å². The van der Waals surface area contributed by atoms with Crippen LogP contribution in [0.15, 0.2) is 146 Å². The first-order valence-electron chi connectivity index (χ1n) is 23.5. The molecule has 2 saturated heterocycles. The Kier molecular flexibility index (Phi) is 19.1. The number of aliphatic carboxylic acids is 2. The van der Waals surface area contributed by atoms with Crippen LogP contribution in [0.1, 0.15) is 58.1 Å². The molecule has 0 aromatic heterocycles. The fourth-order valence-corrected chi connectivity index (χ4v) is 10.6. The SMILES string of the molecule is NC(=O)CC[C@H](NC(=O)COc1ccc([C@@H]2[C@@H](SCC(O)c3ccc(F)cc3)C(=O)N2c2ccc(F)cc2)cc1)C(=O)O.O=C(O)COc1ccc([C@@H]2[C@@H](SCC(=O)c3ccc(F)cc3)C(=O)N2c2ccc(F)cc2)cc1. The van der Waals surface area contributed by atoms with Gasteiger partial charge in [-0.05, 0) is 132 Å². The molecule has 6 aromatic rings. The van der Waals surface area contributed by atoms with E-state index in [4.69, 9.17) is 20.3 Å². The van der Waals surface area contributed by atoms with Gasteiger partial charge in [0.15, 0.2) is 19.0 Å². The minimum absolute atomic E-state index is 0.0234. The van der Waals surface area contributed by atoms with Crippen LogP contribution in [0.2, 0.25) is 0 Å². The molecule has 0 aliphatic carbocycles. The molecule has 6 aromatic carbocycles. The molecule has 16 nitrogen and oxygen atoms in total. The quantitative estimate of drug-likeness (QED) is 0.0236.